The van der Waals surface area contributed by atoms with E-state index in [1.165, 1.54) is 24.2 Å². The maximum absolute atomic E-state index is 12.8. The van der Waals surface area contributed by atoms with Gasteiger partial charge in [-0.05, 0) is 61.2 Å². The van der Waals surface area contributed by atoms with E-state index in [1.54, 1.807) is 12.1 Å². The van der Waals surface area contributed by atoms with E-state index in [9.17, 15) is 9.59 Å². The molecule has 132 valence electrons. The minimum atomic E-state index is -0.144. The fraction of sp³-hybridized carbons (Fsp3) is 0.400. The summed E-state index contributed by atoms with van der Waals surface area (Å²) in [5.41, 5.74) is 1.26. The number of rotatable bonds is 4. The van der Waals surface area contributed by atoms with E-state index in [0.717, 1.165) is 18.8 Å². The van der Waals surface area contributed by atoms with Crippen molar-refractivity contribution in [2.75, 3.05) is 12.4 Å². The highest BCUT2D eigenvalue weighted by Crippen LogP contribution is 2.27. The molecule has 1 aliphatic rings. The average Bonchev–Trinajstić information content (AvgIpc) is 3.16. The summed E-state index contributed by atoms with van der Waals surface area (Å²) in [5.74, 6) is 0.636. The molecule has 1 aromatic heterocycles. The second kappa shape index (κ2) is 7.83. The lowest BCUT2D eigenvalue weighted by Gasteiger charge is -2.33. The molecule has 5 heteroatoms. The van der Waals surface area contributed by atoms with E-state index in [0.29, 0.717) is 22.2 Å². The topological polar surface area (TPSA) is 49.4 Å². The van der Waals surface area contributed by atoms with Gasteiger partial charge >= 0.3 is 0 Å². The van der Waals surface area contributed by atoms with Gasteiger partial charge < -0.3 is 10.2 Å². The lowest BCUT2D eigenvalue weighted by atomic mass is 9.86. The van der Waals surface area contributed by atoms with Gasteiger partial charge in [-0.15, -0.1) is 11.3 Å². The third-order valence-corrected chi connectivity index (χ3v) is 5.83. The van der Waals surface area contributed by atoms with Gasteiger partial charge in [0.1, 0.15) is 0 Å². The maximum atomic E-state index is 12.8. The van der Waals surface area contributed by atoms with E-state index in [2.05, 4.69) is 12.2 Å². The molecule has 1 heterocycles. The molecule has 1 N–H and O–H groups in total. The molecule has 2 aromatic rings. The summed E-state index contributed by atoms with van der Waals surface area (Å²) in [6, 6.07) is 11.1. The van der Waals surface area contributed by atoms with Gasteiger partial charge in [0.15, 0.2) is 0 Å². The number of hydrogen-bond donors (Lipinski definition) is 1. The van der Waals surface area contributed by atoms with Crippen LogP contribution in [0.4, 0.5) is 5.69 Å². The Morgan fingerprint density at radius 3 is 2.56 bits per heavy atom. The number of nitrogens with one attached hydrogen (secondary N) is 1. The number of anilines is 1. The van der Waals surface area contributed by atoms with Gasteiger partial charge in [-0.2, -0.15) is 0 Å². The van der Waals surface area contributed by atoms with E-state index in [1.807, 2.05) is 41.6 Å². The fourth-order valence-corrected chi connectivity index (χ4v) is 3.95. The van der Waals surface area contributed by atoms with Crippen LogP contribution in [0.1, 0.15) is 52.6 Å². The summed E-state index contributed by atoms with van der Waals surface area (Å²) in [7, 11) is 1.89. The molecule has 0 saturated heterocycles. The van der Waals surface area contributed by atoms with Gasteiger partial charge in [0.25, 0.3) is 11.8 Å². The van der Waals surface area contributed by atoms with Crippen molar-refractivity contribution in [2.45, 2.75) is 38.6 Å². The average molecular weight is 356 g/mol. The molecule has 25 heavy (non-hydrogen) atoms. The van der Waals surface area contributed by atoms with Crippen molar-refractivity contribution < 1.29 is 9.59 Å². The van der Waals surface area contributed by atoms with Crippen LogP contribution in [-0.4, -0.2) is 29.8 Å². The van der Waals surface area contributed by atoms with Gasteiger partial charge in [-0.3, -0.25) is 9.59 Å². The molecule has 0 atom stereocenters. The second-order valence-corrected chi connectivity index (χ2v) is 7.79. The Hall–Kier alpha value is -2.14. The Bertz CT molecular complexity index is 734. The van der Waals surface area contributed by atoms with E-state index < -0.39 is 0 Å². The van der Waals surface area contributed by atoms with Crippen LogP contribution in [0, 0.1) is 5.92 Å². The summed E-state index contributed by atoms with van der Waals surface area (Å²) < 4.78 is 0. The van der Waals surface area contributed by atoms with Gasteiger partial charge in [-0.25, -0.2) is 0 Å². The quantitative estimate of drug-likeness (QED) is 0.867. The molecule has 0 radical (unpaired) electrons. The number of benzene rings is 1. The molecule has 1 saturated carbocycles. The Morgan fingerprint density at radius 1 is 1.12 bits per heavy atom. The van der Waals surface area contributed by atoms with Crippen LogP contribution >= 0.6 is 11.3 Å². The number of thiophene rings is 1. The first-order valence-corrected chi connectivity index (χ1v) is 9.64. The van der Waals surface area contributed by atoms with Crippen LogP contribution < -0.4 is 5.32 Å². The van der Waals surface area contributed by atoms with Crippen molar-refractivity contribution in [3.63, 3.8) is 0 Å². The highest BCUT2D eigenvalue weighted by molar-refractivity contribution is 7.12. The number of nitrogens with zero attached hydrogens (tertiary/aromatic N) is 1. The molecule has 0 spiro atoms. The van der Waals surface area contributed by atoms with Crippen LogP contribution in [0.25, 0.3) is 0 Å². The second-order valence-electron chi connectivity index (χ2n) is 6.84. The monoisotopic (exact) mass is 356 g/mol. The Labute approximate surface area is 152 Å². The fourth-order valence-electron chi connectivity index (χ4n) is 3.33. The zero-order valence-corrected chi connectivity index (χ0v) is 15.5. The van der Waals surface area contributed by atoms with Crippen LogP contribution in [-0.2, 0) is 0 Å². The molecular formula is C20H24N2O2S. The van der Waals surface area contributed by atoms with Crippen molar-refractivity contribution in [3.05, 3.63) is 52.2 Å². The number of hydrogen-bond acceptors (Lipinski definition) is 3. The first-order valence-electron chi connectivity index (χ1n) is 8.76. The van der Waals surface area contributed by atoms with Crippen LogP contribution in [0.3, 0.4) is 0 Å². The predicted molar refractivity (Wildman–Crippen MR) is 102 cm³/mol. The highest BCUT2D eigenvalue weighted by atomic mass is 32.1. The minimum Gasteiger partial charge on any atom is -0.339 e. The van der Waals surface area contributed by atoms with Gasteiger partial charge in [0.05, 0.1) is 4.88 Å². The van der Waals surface area contributed by atoms with Crippen LogP contribution in [0.15, 0.2) is 41.8 Å². The SMILES string of the molecule is CC1CCC(N(C)C(=O)c2cccc(NC(=O)c3cccs3)c2)CC1. The summed E-state index contributed by atoms with van der Waals surface area (Å²) in [6.07, 6.45) is 4.49. The van der Waals surface area contributed by atoms with E-state index in [4.69, 9.17) is 0 Å². The van der Waals surface area contributed by atoms with Gasteiger partial charge in [0, 0.05) is 24.3 Å². The summed E-state index contributed by atoms with van der Waals surface area (Å²) in [4.78, 5) is 27.5. The lowest BCUT2D eigenvalue weighted by molar-refractivity contribution is 0.0679. The Balaban J connectivity index is 1.68. The highest BCUT2D eigenvalue weighted by Gasteiger charge is 2.25. The third kappa shape index (κ3) is 4.28. The van der Waals surface area contributed by atoms with Crippen molar-refractivity contribution in [1.29, 1.82) is 0 Å². The predicted octanol–water partition coefficient (Wildman–Crippen LogP) is 4.65. The van der Waals surface area contributed by atoms with Gasteiger partial charge in [0.2, 0.25) is 0 Å². The smallest absolute Gasteiger partial charge is 0.265 e. The molecule has 3 rings (SSSR count). The molecule has 0 bridgehead atoms. The molecule has 1 aromatic carbocycles. The maximum Gasteiger partial charge on any atom is 0.265 e. The molecular weight excluding hydrogens is 332 g/mol. The first kappa shape index (κ1) is 17.7. The largest absolute Gasteiger partial charge is 0.339 e. The minimum absolute atomic E-state index is 0.0202. The molecule has 0 unspecified atom stereocenters. The zero-order valence-electron chi connectivity index (χ0n) is 14.7. The summed E-state index contributed by atoms with van der Waals surface area (Å²) in [6.45, 7) is 2.28. The van der Waals surface area contributed by atoms with E-state index in [-0.39, 0.29) is 11.8 Å². The van der Waals surface area contributed by atoms with Crippen molar-refractivity contribution >= 4 is 28.8 Å². The van der Waals surface area contributed by atoms with E-state index >= 15 is 0 Å². The van der Waals surface area contributed by atoms with Gasteiger partial charge in [-0.1, -0.05) is 19.1 Å². The normalized spacial score (nSPS) is 20.1. The third-order valence-electron chi connectivity index (χ3n) is 4.97. The molecule has 4 nitrogen and oxygen atoms in total. The molecule has 1 aliphatic carbocycles. The van der Waals surface area contributed by atoms with Crippen molar-refractivity contribution in [1.82, 2.24) is 4.90 Å². The molecule has 0 aliphatic heterocycles. The Morgan fingerprint density at radius 2 is 1.88 bits per heavy atom. The standard InChI is InChI=1S/C20H24N2O2S/c1-14-8-10-17(11-9-14)22(2)20(24)15-5-3-6-16(13-15)21-19(23)18-7-4-12-25-18/h3-7,12-14,17H,8-11H2,1-2H3,(H,21,23). The number of carbonyl (C=O) groups excluding carboxylic acids is 2. The molecule has 1 fully saturated rings. The summed E-state index contributed by atoms with van der Waals surface area (Å²) in [5, 5.41) is 4.73. The van der Waals surface area contributed by atoms with Crippen LogP contribution in [0.5, 0.6) is 0 Å². The zero-order chi connectivity index (χ0) is 17.8. The lowest BCUT2D eigenvalue weighted by Crippen LogP contribution is -2.39. The summed E-state index contributed by atoms with van der Waals surface area (Å²) >= 11 is 1.40. The van der Waals surface area contributed by atoms with Crippen molar-refractivity contribution in [3.8, 4) is 0 Å². The van der Waals surface area contributed by atoms with Crippen molar-refractivity contribution in [2.24, 2.45) is 5.92 Å². The molecule has 2 amide bonds. The number of carbonyl (C=O) groups is 2. The Kier molecular flexibility index (Phi) is 5.53. The number of amides is 2. The first-order chi connectivity index (χ1) is 12.0. The van der Waals surface area contributed by atoms with Crippen LogP contribution in [0.2, 0.25) is 0 Å².